The average Bonchev–Trinajstić information content (AvgIpc) is 2.81. The lowest BCUT2D eigenvalue weighted by Gasteiger charge is -2.21. The molecule has 22 heavy (non-hydrogen) atoms. The van der Waals surface area contributed by atoms with Crippen LogP contribution in [0.15, 0.2) is 29.1 Å². The molecule has 118 valence electrons. The summed E-state index contributed by atoms with van der Waals surface area (Å²) >= 11 is 0. The monoisotopic (exact) mass is 302 g/mol. The van der Waals surface area contributed by atoms with E-state index in [1.165, 1.54) is 19.3 Å². The highest BCUT2D eigenvalue weighted by Gasteiger charge is 2.22. The standard InChI is InChI=1S/C17H22N2O3/c1-2-22-17(21)19-15-11-7-6-10-14(15)18(16(19)20)12-13-8-4-3-5-9-13/h6-7,10-11,13H,2-5,8-9,12H2,1H3. The normalized spacial score (nSPS) is 16.0. The number of para-hydroxylation sites is 2. The van der Waals surface area contributed by atoms with Crippen LogP contribution in [0.4, 0.5) is 4.79 Å². The van der Waals surface area contributed by atoms with Gasteiger partial charge < -0.3 is 4.74 Å². The van der Waals surface area contributed by atoms with E-state index >= 15 is 0 Å². The predicted molar refractivity (Wildman–Crippen MR) is 85.2 cm³/mol. The minimum absolute atomic E-state index is 0.257. The molecule has 0 radical (unpaired) electrons. The number of hydrogen-bond donors (Lipinski definition) is 0. The van der Waals surface area contributed by atoms with Crippen LogP contribution in [0, 0.1) is 5.92 Å². The van der Waals surface area contributed by atoms with Gasteiger partial charge >= 0.3 is 11.8 Å². The van der Waals surface area contributed by atoms with E-state index in [0.29, 0.717) is 18.0 Å². The molecule has 1 aromatic heterocycles. The summed E-state index contributed by atoms with van der Waals surface area (Å²) < 4.78 is 7.92. The van der Waals surface area contributed by atoms with E-state index in [4.69, 9.17) is 4.74 Å². The number of benzene rings is 1. The predicted octanol–water partition coefficient (Wildman–Crippen LogP) is 3.39. The Hall–Kier alpha value is -2.04. The Morgan fingerprint density at radius 1 is 1.18 bits per heavy atom. The van der Waals surface area contributed by atoms with E-state index in [1.807, 2.05) is 18.2 Å². The van der Waals surface area contributed by atoms with Crippen molar-refractivity contribution in [1.29, 1.82) is 0 Å². The van der Waals surface area contributed by atoms with Crippen LogP contribution in [-0.4, -0.2) is 21.8 Å². The summed E-state index contributed by atoms with van der Waals surface area (Å²) in [4.78, 5) is 24.8. The Bertz CT molecular complexity index is 723. The second-order valence-corrected chi connectivity index (χ2v) is 5.92. The van der Waals surface area contributed by atoms with E-state index in [9.17, 15) is 9.59 Å². The van der Waals surface area contributed by atoms with Gasteiger partial charge in [-0.15, -0.1) is 0 Å². The second-order valence-electron chi connectivity index (χ2n) is 5.92. The van der Waals surface area contributed by atoms with Crippen LogP contribution in [0.25, 0.3) is 11.0 Å². The zero-order valence-corrected chi connectivity index (χ0v) is 13.0. The largest absolute Gasteiger partial charge is 0.449 e. The SMILES string of the molecule is CCOC(=O)n1c(=O)n(CC2CCCCC2)c2ccccc21. The zero-order valence-electron chi connectivity index (χ0n) is 13.0. The molecule has 0 amide bonds. The number of ether oxygens (including phenoxy) is 1. The smallest absolute Gasteiger partial charge is 0.422 e. The molecule has 0 spiro atoms. The molecule has 0 saturated heterocycles. The Labute approximate surface area is 129 Å². The van der Waals surface area contributed by atoms with Crippen molar-refractivity contribution in [3.8, 4) is 0 Å². The fourth-order valence-corrected chi connectivity index (χ4v) is 3.38. The van der Waals surface area contributed by atoms with Gasteiger partial charge in [0.25, 0.3) is 0 Å². The lowest BCUT2D eigenvalue weighted by Crippen LogP contribution is -2.31. The van der Waals surface area contributed by atoms with Gasteiger partial charge in [0, 0.05) is 6.54 Å². The number of hydrogen-bond acceptors (Lipinski definition) is 3. The van der Waals surface area contributed by atoms with E-state index in [1.54, 1.807) is 17.6 Å². The van der Waals surface area contributed by atoms with Crippen LogP contribution in [0.5, 0.6) is 0 Å². The van der Waals surface area contributed by atoms with Gasteiger partial charge in [-0.05, 0) is 37.8 Å². The number of carbonyl (C=O) groups is 1. The van der Waals surface area contributed by atoms with E-state index in [0.717, 1.165) is 22.9 Å². The molecule has 1 fully saturated rings. The summed E-state index contributed by atoms with van der Waals surface area (Å²) in [6.45, 7) is 2.68. The fourth-order valence-electron chi connectivity index (χ4n) is 3.38. The van der Waals surface area contributed by atoms with Crippen molar-refractivity contribution < 1.29 is 9.53 Å². The van der Waals surface area contributed by atoms with E-state index < -0.39 is 6.09 Å². The van der Waals surface area contributed by atoms with Crippen molar-refractivity contribution in [2.24, 2.45) is 5.92 Å². The van der Waals surface area contributed by atoms with Gasteiger partial charge in [0.2, 0.25) is 0 Å². The summed E-state index contributed by atoms with van der Waals surface area (Å²) in [5.74, 6) is 0.521. The first-order valence-electron chi connectivity index (χ1n) is 8.09. The van der Waals surface area contributed by atoms with Gasteiger partial charge in [-0.1, -0.05) is 31.4 Å². The van der Waals surface area contributed by atoms with Crippen LogP contribution < -0.4 is 5.69 Å². The van der Waals surface area contributed by atoms with Crippen LogP contribution in [0.2, 0.25) is 0 Å². The maximum Gasteiger partial charge on any atom is 0.422 e. The molecule has 1 aromatic carbocycles. The third-order valence-electron chi connectivity index (χ3n) is 4.45. The molecule has 1 aliphatic carbocycles. The summed E-state index contributed by atoms with van der Waals surface area (Å²) in [6.07, 6.45) is 5.48. The van der Waals surface area contributed by atoms with E-state index in [-0.39, 0.29) is 12.3 Å². The lowest BCUT2D eigenvalue weighted by atomic mass is 9.89. The number of imidazole rings is 1. The molecule has 0 aliphatic heterocycles. The highest BCUT2D eigenvalue weighted by atomic mass is 16.5. The minimum Gasteiger partial charge on any atom is -0.449 e. The van der Waals surface area contributed by atoms with Crippen LogP contribution in [-0.2, 0) is 11.3 Å². The fraction of sp³-hybridized carbons (Fsp3) is 0.529. The molecule has 0 bridgehead atoms. The first-order valence-corrected chi connectivity index (χ1v) is 8.09. The first kappa shape index (κ1) is 14.9. The molecule has 0 unspecified atom stereocenters. The summed E-state index contributed by atoms with van der Waals surface area (Å²) in [5, 5.41) is 0. The van der Waals surface area contributed by atoms with Crippen molar-refractivity contribution >= 4 is 17.1 Å². The second kappa shape index (κ2) is 6.38. The maximum atomic E-state index is 12.7. The molecule has 5 heteroatoms. The average molecular weight is 302 g/mol. The van der Waals surface area contributed by atoms with Crippen LogP contribution in [0.1, 0.15) is 39.0 Å². The summed E-state index contributed by atoms with van der Waals surface area (Å²) in [5.41, 5.74) is 1.15. The number of carbonyl (C=O) groups excluding carboxylic acids is 1. The minimum atomic E-state index is -0.592. The Morgan fingerprint density at radius 3 is 2.55 bits per heavy atom. The van der Waals surface area contributed by atoms with Crippen LogP contribution in [0.3, 0.4) is 0 Å². The third kappa shape index (κ3) is 2.67. The van der Waals surface area contributed by atoms with Crippen molar-refractivity contribution in [2.75, 3.05) is 6.61 Å². The molecule has 1 heterocycles. The van der Waals surface area contributed by atoms with Crippen LogP contribution >= 0.6 is 0 Å². The summed E-state index contributed by atoms with van der Waals surface area (Å²) in [6, 6.07) is 7.43. The van der Waals surface area contributed by atoms with Gasteiger partial charge in [0.1, 0.15) is 0 Å². The molecule has 3 rings (SSSR count). The van der Waals surface area contributed by atoms with Crippen molar-refractivity contribution in [2.45, 2.75) is 45.6 Å². The Balaban J connectivity index is 2.04. The highest BCUT2D eigenvalue weighted by molar-refractivity contribution is 5.86. The third-order valence-corrected chi connectivity index (χ3v) is 4.45. The molecule has 5 nitrogen and oxygen atoms in total. The van der Waals surface area contributed by atoms with E-state index in [2.05, 4.69) is 0 Å². The molecule has 1 aliphatic rings. The van der Waals surface area contributed by atoms with Gasteiger partial charge in [0.15, 0.2) is 0 Å². The lowest BCUT2D eigenvalue weighted by molar-refractivity contribution is 0.153. The maximum absolute atomic E-state index is 12.7. The topological polar surface area (TPSA) is 53.2 Å². The summed E-state index contributed by atoms with van der Waals surface area (Å²) in [7, 11) is 0. The Morgan fingerprint density at radius 2 is 1.86 bits per heavy atom. The molecular weight excluding hydrogens is 280 g/mol. The van der Waals surface area contributed by atoms with Gasteiger partial charge in [-0.2, -0.15) is 4.57 Å². The zero-order chi connectivity index (χ0) is 15.5. The van der Waals surface area contributed by atoms with Gasteiger partial charge in [-0.25, -0.2) is 9.59 Å². The molecule has 0 atom stereocenters. The van der Waals surface area contributed by atoms with Crippen molar-refractivity contribution in [3.05, 3.63) is 34.7 Å². The molecule has 1 saturated carbocycles. The molecule has 0 N–H and O–H groups in total. The van der Waals surface area contributed by atoms with Crippen molar-refractivity contribution in [3.63, 3.8) is 0 Å². The highest BCUT2D eigenvalue weighted by Crippen LogP contribution is 2.26. The number of fused-ring (bicyclic) bond motifs is 1. The first-order chi connectivity index (χ1) is 10.7. The van der Waals surface area contributed by atoms with Gasteiger partial charge in [-0.3, -0.25) is 4.57 Å². The Kier molecular flexibility index (Phi) is 4.32. The molecule has 2 aromatic rings. The van der Waals surface area contributed by atoms with Gasteiger partial charge in [0.05, 0.1) is 17.6 Å². The number of aromatic nitrogens is 2. The number of rotatable bonds is 3. The number of nitrogens with zero attached hydrogens (tertiary/aromatic N) is 2. The molecular formula is C17H22N2O3. The quantitative estimate of drug-likeness (QED) is 0.873. The van der Waals surface area contributed by atoms with Crippen molar-refractivity contribution in [1.82, 2.24) is 9.13 Å².